The lowest BCUT2D eigenvalue weighted by Gasteiger charge is -2.14. The van der Waals surface area contributed by atoms with Crippen LogP contribution in [0.1, 0.15) is 24.3 Å². The molecule has 1 amide bonds. The van der Waals surface area contributed by atoms with Crippen molar-refractivity contribution in [3.63, 3.8) is 0 Å². The van der Waals surface area contributed by atoms with Gasteiger partial charge in [-0.3, -0.25) is 4.79 Å². The molecule has 0 aliphatic heterocycles. The molecule has 0 radical (unpaired) electrons. The van der Waals surface area contributed by atoms with Crippen LogP contribution in [0.15, 0.2) is 30.5 Å². The van der Waals surface area contributed by atoms with E-state index in [2.05, 4.69) is 10.4 Å². The Morgan fingerprint density at radius 2 is 2.15 bits per heavy atom. The van der Waals surface area contributed by atoms with Crippen LogP contribution in [0.5, 0.6) is 5.75 Å². The summed E-state index contributed by atoms with van der Waals surface area (Å²) in [6.45, 7) is 3.87. The Balaban J connectivity index is 2.38. The first-order chi connectivity index (χ1) is 9.52. The van der Waals surface area contributed by atoms with Crippen molar-refractivity contribution in [3.05, 3.63) is 36.2 Å². The Morgan fingerprint density at radius 1 is 1.40 bits per heavy atom. The van der Waals surface area contributed by atoms with Gasteiger partial charge in [0.15, 0.2) is 5.69 Å². The second-order valence-electron chi connectivity index (χ2n) is 4.58. The number of para-hydroxylation sites is 1. The lowest BCUT2D eigenvalue weighted by atomic mass is 10.2. The predicted molar refractivity (Wildman–Crippen MR) is 77.1 cm³/mol. The lowest BCUT2D eigenvalue weighted by molar-refractivity contribution is 0.0957. The Bertz CT molecular complexity index is 619. The van der Waals surface area contributed by atoms with Gasteiger partial charge >= 0.3 is 0 Å². The average molecular weight is 274 g/mol. The number of carbonyl (C=O) groups excluding carboxylic acids is 1. The Morgan fingerprint density at radius 3 is 2.80 bits per heavy atom. The molecular weight excluding hydrogens is 256 g/mol. The number of hydrogen-bond donors (Lipinski definition) is 2. The molecule has 3 N–H and O–H groups in total. The standard InChI is InChI=1S/C14H18N4O2/c1-9(2)20-12-6-4-5-11(13(12)15)18-8-7-10(17-18)14(19)16-3/h4-9H,15H2,1-3H3,(H,16,19). The van der Waals surface area contributed by atoms with E-state index in [4.69, 9.17) is 10.5 Å². The van der Waals surface area contributed by atoms with E-state index >= 15 is 0 Å². The zero-order chi connectivity index (χ0) is 14.7. The molecule has 20 heavy (non-hydrogen) atoms. The van der Waals surface area contributed by atoms with E-state index in [-0.39, 0.29) is 12.0 Å². The minimum Gasteiger partial charge on any atom is -0.489 e. The highest BCUT2D eigenvalue weighted by Gasteiger charge is 2.12. The molecule has 106 valence electrons. The van der Waals surface area contributed by atoms with Crippen LogP contribution in [0, 0.1) is 0 Å². The van der Waals surface area contributed by atoms with Gasteiger partial charge in [-0.15, -0.1) is 0 Å². The van der Waals surface area contributed by atoms with Gasteiger partial charge in [0, 0.05) is 13.2 Å². The van der Waals surface area contributed by atoms with Gasteiger partial charge in [0.2, 0.25) is 0 Å². The Kier molecular flexibility index (Phi) is 3.93. The summed E-state index contributed by atoms with van der Waals surface area (Å²) in [6, 6.07) is 7.10. The van der Waals surface area contributed by atoms with E-state index in [9.17, 15) is 4.79 Å². The number of benzene rings is 1. The fourth-order valence-electron chi connectivity index (χ4n) is 1.80. The molecule has 1 heterocycles. The third-order valence-corrected chi connectivity index (χ3v) is 2.70. The molecule has 1 aromatic carbocycles. The monoisotopic (exact) mass is 274 g/mol. The molecule has 2 rings (SSSR count). The van der Waals surface area contributed by atoms with Crippen LogP contribution < -0.4 is 15.8 Å². The highest BCUT2D eigenvalue weighted by Crippen LogP contribution is 2.28. The van der Waals surface area contributed by atoms with Crippen LogP contribution >= 0.6 is 0 Å². The van der Waals surface area contributed by atoms with Gasteiger partial charge in [0.1, 0.15) is 11.4 Å². The summed E-state index contributed by atoms with van der Waals surface area (Å²) < 4.78 is 7.20. The minimum atomic E-state index is -0.239. The van der Waals surface area contributed by atoms with Gasteiger partial charge in [-0.1, -0.05) is 6.07 Å². The van der Waals surface area contributed by atoms with E-state index in [1.807, 2.05) is 32.0 Å². The quantitative estimate of drug-likeness (QED) is 0.830. The molecule has 0 fully saturated rings. The van der Waals surface area contributed by atoms with Crippen molar-refractivity contribution in [3.8, 4) is 11.4 Å². The van der Waals surface area contributed by atoms with Gasteiger partial charge in [0.05, 0.1) is 11.8 Å². The summed E-state index contributed by atoms with van der Waals surface area (Å²) in [5.41, 5.74) is 7.60. The zero-order valence-electron chi connectivity index (χ0n) is 11.8. The van der Waals surface area contributed by atoms with Crippen LogP contribution in [0.4, 0.5) is 5.69 Å². The summed E-state index contributed by atoms with van der Waals surface area (Å²) in [7, 11) is 1.56. The third kappa shape index (κ3) is 2.74. The first-order valence-electron chi connectivity index (χ1n) is 6.36. The molecule has 6 heteroatoms. The van der Waals surface area contributed by atoms with Gasteiger partial charge in [-0.25, -0.2) is 4.68 Å². The maximum atomic E-state index is 11.5. The summed E-state index contributed by atoms with van der Waals surface area (Å²) in [4.78, 5) is 11.5. The number of nitrogens with two attached hydrogens (primary N) is 1. The smallest absolute Gasteiger partial charge is 0.271 e. The Labute approximate surface area is 117 Å². The Hall–Kier alpha value is -2.50. The van der Waals surface area contributed by atoms with Crippen molar-refractivity contribution in [2.45, 2.75) is 20.0 Å². The molecule has 1 aromatic heterocycles. The third-order valence-electron chi connectivity index (χ3n) is 2.70. The van der Waals surface area contributed by atoms with E-state index in [1.54, 1.807) is 24.0 Å². The maximum absolute atomic E-state index is 11.5. The van der Waals surface area contributed by atoms with Crippen molar-refractivity contribution >= 4 is 11.6 Å². The number of nitrogens with one attached hydrogen (secondary N) is 1. The van der Waals surface area contributed by atoms with Crippen molar-refractivity contribution < 1.29 is 9.53 Å². The number of nitrogens with zero attached hydrogens (tertiary/aromatic N) is 2. The maximum Gasteiger partial charge on any atom is 0.271 e. The lowest BCUT2D eigenvalue weighted by Crippen LogP contribution is -2.18. The summed E-state index contributed by atoms with van der Waals surface area (Å²) >= 11 is 0. The molecule has 2 aromatic rings. The van der Waals surface area contributed by atoms with Crippen molar-refractivity contribution in [2.75, 3.05) is 12.8 Å². The second-order valence-corrected chi connectivity index (χ2v) is 4.58. The summed E-state index contributed by atoms with van der Waals surface area (Å²) in [5, 5.41) is 6.73. The van der Waals surface area contributed by atoms with Crippen molar-refractivity contribution in [1.29, 1.82) is 0 Å². The van der Waals surface area contributed by atoms with Crippen LogP contribution in [-0.4, -0.2) is 28.8 Å². The highest BCUT2D eigenvalue weighted by atomic mass is 16.5. The average Bonchev–Trinajstić information content (AvgIpc) is 2.89. The number of rotatable bonds is 4. The number of hydrogen-bond acceptors (Lipinski definition) is 4. The van der Waals surface area contributed by atoms with Crippen molar-refractivity contribution in [1.82, 2.24) is 15.1 Å². The van der Waals surface area contributed by atoms with Gasteiger partial charge in [-0.05, 0) is 32.0 Å². The molecule has 0 aliphatic carbocycles. The predicted octanol–water partition coefficient (Wildman–Crippen LogP) is 1.60. The molecular formula is C14H18N4O2. The second kappa shape index (κ2) is 5.64. The van der Waals surface area contributed by atoms with E-state index in [0.717, 1.165) is 0 Å². The normalized spacial score (nSPS) is 10.6. The SMILES string of the molecule is CNC(=O)c1ccn(-c2cccc(OC(C)C)c2N)n1. The minimum absolute atomic E-state index is 0.0339. The number of anilines is 1. The summed E-state index contributed by atoms with van der Waals surface area (Å²) in [6.07, 6.45) is 1.72. The molecule has 6 nitrogen and oxygen atoms in total. The fraction of sp³-hybridized carbons (Fsp3) is 0.286. The number of nitrogen functional groups attached to an aromatic ring is 1. The number of aromatic nitrogens is 2. The van der Waals surface area contributed by atoms with Gasteiger partial charge in [-0.2, -0.15) is 5.10 Å². The number of amides is 1. The molecule has 0 atom stereocenters. The van der Waals surface area contributed by atoms with Crippen LogP contribution in [0.2, 0.25) is 0 Å². The van der Waals surface area contributed by atoms with Crippen LogP contribution in [0.25, 0.3) is 5.69 Å². The molecule has 0 saturated carbocycles. The fourth-order valence-corrected chi connectivity index (χ4v) is 1.80. The first kappa shape index (κ1) is 13.9. The zero-order valence-corrected chi connectivity index (χ0v) is 11.8. The van der Waals surface area contributed by atoms with Gasteiger partial charge in [0.25, 0.3) is 5.91 Å². The highest BCUT2D eigenvalue weighted by molar-refractivity contribution is 5.92. The molecule has 0 unspecified atom stereocenters. The first-order valence-corrected chi connectivity index (χ1v) is 6.36. The molecule has 0 saturated heterocycles. The number of carbonyl (C=O) groups is 1. The largest absolute Gasteiger partial charge is 0.489 e. The topological polar surface area (TPSA) is 82.2 Å². The molecule has 0 spiro atoms. The summed E-state index contributed by atoms with van der Waals surface area (Å²) in [5.74, 6) is 0.367. The van der Waals surface area contributed by atoms with E-state index in [0.29, 0.717) is 22.8 Å². The molecule has 0 bridgehead atoms. The van der Waals surface area contributed by atoms with Crippen LogP contribution in [-0.2, 0) is 0 Å². The van der Waals surface area contributed by atoms with E-state index in [1.165, 1.54) is 0 Å². The molecule has 0 aliphatic rings. The van der Waals surface area contributed by atoms with Crippen LogP contribution in [0.3, 0.4) is 0 Å². The van der Waals surface area contributed by atoms with Gasteiger partial charge < -0.3 is 15.8 Å². The number of ether oxygens (including phenoxy) is 1. The van der Waals surface area contributed by atoms with E-state index < -0.39 is 0 Å². The van der Waals surface area contributed by atoms with Crippen molar-refractivity contribution in [2.24, 2.45) is 0 Å².